The maximum absolute atomic E-state index is 12.8. The van der Waals surface area contributed by atoms with Crippen molar-refractivity contribution in [3.63, 3.8) is 0 Å². The molecule has 0 saturated carbocycles. The van der Waals surface area contributed by atoms with Crippen molar-refractivity contribution in [3.8, 4) is 6.07 Å². The number of nitrogens with zero attached hydrogens (tertiary/aromatic N) is 2. The molecule has 3 aromatic rings. The van der Waals surface area contributed by atoms with Crippen molar-refractivity contribution in [2.75, 3.05) is 0 Å². The summed E-state index contributed by atoms with van der Waals surface area (Å²) in [6.07, 6.45) is 1.80. The minimum absolute atomic E-state index is 0.0160. The van der Waals surface area contributed by atoms with Gasteiger partial charge in [-0.05, 0) is 40.6 Å². The van der Waals surface area contributed by atoms with Gasteiger partial charge < -0.3 is 4.57 Å². The van der Waals surface area contributed by atoms with Gasteiger partial charge in [0.1, 0.15) is 0 Å². The van der Waals surface area contributed by atoms with E-state index in [4.69, 9.17) is 0 Å². The summed E-state index contributed by atoms with van der Waals surface area (Å²) in [4.78, 5) is 12.8. The number of fused-ring (bicyclic) bond motifs is 1. The molecule has 114 valence electrons. The van der Waals surface area contributed by atoms with Crippen molar-refractivity contribution < 1.29 is 0 Å². The van der Waals surface area contributed by atoms with E-state index >= 15 is 0 Å². The molecule has 0 aliphatic carbocycles. The second kappa shape index (κ2) is 6.10. The zero-order chi connectivity index (χ0) is 16.4. The Morgan fingerprint density at radius 3 is 2.65 bits per heavy atom. The summed E-state index contributed by atoms with van der Waals surface area (Å²) in [6.45, 7) is 4.64. The molecule has 23 heavy (non-hydrogen) atoms. The third-order valence-corrected chi connectivity index (χ3v) is 4.15. The molecular formula is C20H18N2O. The van der Waals surface area contributed by atoms with Crippen molar-refractivity contribution in [2.45, 2.75) is 26.3 Å². The molecule has 0 aliphatic rings. The fraction of sp³-hybridized carbons (Fsp3) is 0.200. The molecule has 0 radical (unpaired) electrons. The topological polar surface area (TPSA) is 45.8 Å². The molecule has 0 fully saturated rings. The van der Waals surface area contributed by atoms with E-state index < -0.39 is 0 Å². The highest BCUT2D eigenvalue weighted by Gasteiger charge is 2.08. The van der Waals surface area contributed by atoms with Gasteiger partial charge in [0, 0.05) is 11.6 Å². The first-order valence-electron chi connectivity index (χ1n) is 7.71. The van der Waals surface area contributed by atoms with E-state index in [0.29, 0.717) is 18.0 Å². The highest BCUT2D eigenvalue weighted by molar-refractivity contribution is 5.82. The van der Waals surface area contributed by atoms with Gasteiger partial charge in [-0.3, -0.25) is 4.79 Å². The first-order valence-corrected chi connectivity index (χ1v) is 7.71. The Bertz CT molecular complexity index is 961. The van der Waals surface area contributed by atoms with Crippen LogP contribution in [0.3, 0.4) is 0 Å². The lowest BCUT2D eigenvalue weighted by atomic mass is 10.00. The monoisotopic (exact) mass is 302 g/mol. The second-order valence-electron chi connectivity index (χ2n) is 6.02. The van der Waals surface area contributed by atoms with Gasteiger partial charge in [-0.15, -0.1) is 0 Å². The van der Waals surface area contributed by atoms with Gasteiger partial charge in [0.05, 0.1) is 18.2 Å². The van der Waals surface area contributed by atoms with E-state index in [1.807, 2.05) is 36.4 Å². The molecule has 1 heterocycles. The average Bonchev–Trinajstić information content (AvgIpc) is 2.57. The van der Waals surface area contributed by atoms with Gasteiger partial charge >= 0.3 is 0 Å². The van der Waals surface area contributed by atoms with Crippen molar-refractivity contribution >= 4 is 10.8 Å². The molecule has 0 spiro atoms. The molecule has 0 unspecified atom stereocenters. The van der Waals surface area contributed by atoms with E-state index in [9.17, 15) is 10.1 Å². The third kappa shape index (κ3) is 2.89. The normalized spacial score (nSPS) is 10.9. The number of rotatable bonds is 3. The van der Waals surface area contributed by atoms with Crippen molar-refractivity contribution in [3.05, 3.63) is 81.8 Å². The number of aromatic nitrogens is 1. The Hall–Kier alpha value is -2.86. The van der Waals surface area contributed by atoms with Gasteiger partial charge in [0.25, 0.3) is 5.56 Å². The molecule has 0 amide bonds. The first kappa shape index (κ1) is 15.1. The molecule has 0 saturated heterocycles. The lowest BCUT2D eigenvalue weighted by Gasteiger charge is -2.11. The van der Waals surface area contributed by atoms with Gasteiger partial charge in [-0.2, -0.15) is 5.26 Å². The Labute approximate surface area is 135 Å². The molecule has 0 atom stereocenters. The molecule has 0 N–H and O–H groups in total. The highest BCUT2D eigenvalue weighted by atomic mass is 16.1. The van der Waals surface area contributed by atoms with Crippen molar-refractivity contribution in [1.29, 1.82) is 5.26 Å². The fourth-order valence-electron chi connectivity index (χ4n) is 2.73. The summed E-state index contributed by atoms with van der Waals surface area (Å²) >= 11 is 0. The largest absolute Gasteiger partial charge is 0.311 e. The Morgan fingerprint density at radius 1 is 1.13 bits per heavy atom. The van der Waals surface area contributed by atoms with Crippen LogP contribution in [0.2, 0.25) is 0 Å². The van der Waals surface area contributed by atoms with Gasteiger partial charge in [0.2, 0.25) is 0 Å². The number of hydrogen-bond donors (Lipinski definition) is 0. The van der Waals surface area contributed by atoms with E-state index in [1.54, 1.807) is 16.8 Å². The first-order chi connectivity index (χ1) is 11.1. The highest BCUT2D eigenvalue weighted by Crippen LogP contribution is 2.19. The molecule has 2 aromatic carbocycles. The van der Waals surface area contributed by atoms with Crippen LogP contribution in [0.25, 0.3) is 10.8 Å². The molecule has 3 heteroatoms. The summed E-state index contributed by atoms with van der Waals surface area (Å²) in [5.74, 6) is 0.381. The van der Waals surface area contributed by atoms with Crippen LogP contribution in [-0.2, 0) is 6.54 Å². The predicted octanol–water partition coefficient (Wildman–Crippen LogP) is 4.04. The smallest absolute Gasteiger partial charge is 0.258 e. The number of nitriles is 1. The third-order valence-electron chi connectivity index (χ3n) is 4.15. The molecule has 3 rings (SSSR count). The van der Waals surface area contributed by atoms with E-state index in [1.165, 1.54) is 0 Å². The Kier molecular flexibility index (Phi) is 3.99. The SMILES string of the molecule is CC(C)c1ccc2ccn(Cc3ccccc3C#N)c(=O)c2c1. The molecule has 1 aromatic heterocycles. The van der Waals surface area contributed by atoms with Gasteiger partial charge in [0.15, 0.2) is 0 Å². The van der Waals surface area contributed by atoms with Gasteiger partial charge in [-0.25, -0.2) is 0 Å². The summed E-state index contributed by atoms with van der Waals surface area (Å²) in [7, 11) is 0. The number of hydrogen-bond acceptors (Lipinski definition) is 2. The molecule has 3 nitrogen and oxygen atoms in total. The van der Waals surface area contributed by atoms with Crippen LogP contribution < -0.4 is 5.56 Å². The summed E-state index contributed by atoms with van der Waals surface area (Å²) in [5.41, 5.74) is 2.61. The standard InChI is InChI=1S/C20H18N2O/c1-14(2)16-8-7-15-9-10-22(20(23)19(15)11-16)13-18-6-4-3-5-17(18)12-21/h3-11,14H,13H2,1-2H3. The van der Waals surface area contributed by atoms with Crippen LogP contribution in [0.4, 0.5) is 0 Å². The zero-order valence-corrected chi connectivity index (χ0v) is 13.3. The van der Waals surface area contributed by atoms with E-state index in [2.05, 4.69) is 26.0 Å². The minimum Gasteiger partial charge on any atom is -0.311 e. The number of pyridine rings is 1. The number of benzene rings is 2. The lowest BCUT2D eigenvalue weighted by Crippen LogP contribution is -2.20. The van der Waals surface area contributed by atoms with Crippen LogP contribution in [0.5, 0.6) is 0 Å². The molecular weight excluding hydrogens is 284 g/mol. The maximum Gasteiger partial charge on any atom is 0.258 e. The van der Waals surface area contributed by atoms with Crippen molar-refractivity contribution in [1.82, 2.24) is 4.57 Å². The van der Waals surface area contributed by atoms with Crippen LogP contribution >= 0.6 is 0 Å². The Balaban J connectivity index is 2.10. The average molecular weight is 302 g/mol. The van der Waals surface area contributed by atoms with Crippen LogP contribution in [0.15, 0.2) is 59.5 Å². The lowest BCUT2D eigenvalue weighted by molar-refractivity contribution is 0.766. The summed E-state index contributed by atoms with van der Waals surface area (Å²) < 4.78 is 1.67. The predicted molar refractivity (Wildman–Crippen MR) is 92.6 cm³/mol. The van der Waals surface area contributed by atoms with Crippen LogP contribution in [0.1, 0.15) is 36.5 Å². The van der Waals surface area contributed by atoms with E-state index in [-0.39, 0.29) is 5.56 Å². The van der Waals surface area contributed by atoms with Crippen LogP contribution in [-0.4, -0.2) is 4.57 Å². The molecule has 0 aliphatic heterocycles. The molecule has 0 bridgehead atoms. The van der Waals surface area contributed by atoms with E-state index in [0.717, 1.165) is 21.9 Å². The van der Waals surface area contributed by atoms with Gasteiger partial charge in [-0.1, -0.05) is 44.2 Å². The van der Waals surface area contributed by atoms with Crippen LogP contribution in [0, 0.1) is 11.3 Å². The summed E-state index contributed by atoms with van der Waals surface area (Å²) in [6, 6.07) is 17.6. The maximum atomic E-state index is 12.8. The quantitative estimate of drug-likeness (QED) is 0.733. The summed E-state index contributed by atoms with van der Waals surface area (Å²) in [5, 5.41) is 10.9. The van der Waals surface area contributed by atoms with Crippen molar-refractivity contribution in [2.24, 2.45) is 0 Å². The fourth-order valence-corrected chi connectivity index (χ4v) is 2.73. The Morgan fingerprint density at radius 2 is 1.91 bits per heavy atom. The second-order valence-corrected chi connectivity index (χ2v) is 6.02. The minimum atomic E-state index is -0.0160. The zero-order valence-electron chi connectivity index (χ0n) is 13.3.